The SMILES string of the molecule is Clc1cc(CNC2CC2)ccc1N1CCCCC1. The molecule has 18 heavy (non-hydrogen) atoms. The molecule has 0 unspecified atom stereocenters. The molecular formula is C15H21ClN2. The molecule has 3 rings (SSSR count). The molecule has 1 aliphatic heterocycles. The van der Waals surface area contributed by atoms with Crippen molar-refractivity contribution in [1.29, 1.82) is 0 Å². The molecule has 3 heteroatoms. The minimum absolute atomic E-state index is 0.755. The van der Waals surface area contributed by atoms with Crippen molar-refractivity contribution < 1.29 is 0 Å². The zero-order valence-corrected chi connectivity index (χ0v) is 11.5. The highest BCUT2D eigenvalue weighted by Gasteiger charge is 2.20. The summed E-state index contributed by atoms with van der Waals surface area (Å²) in [6.45, 7) is 3.25. The van der Waals surface area contributed by atoms with Gasteiger partial charge in [-0.05, 0) is 49.8 Å². The third-order valence-electron chi connectivity index (χ3n) is 3.88. The Hall–Kier alpha value is -0.730. The Kier molecular flexibility index (Phi) is 3.76. The summed E-state index contributed by atoms with van der Waals surface area (Å²) in [6.07, 6.45) is 6.61. The van der Waals surface area contributed by atoms with Crippen LogP contribution in [0.3, 0.4) is 0 Å². The molecule has 0 atom stereocenters. The fourth-order valence-electron chi connectivity index (χ4n) is 2.60. The van der Waals surface area contributed by atoms with E-state index < -0.39 is 0 Å². The highest BCUT2D eigenvalue weighted by Crippen LogP contribution is 2.29. The fourth-order valence-corrected chi connectivity index (χ4v) is 2.92. The van der Waals surface area contributed by atoms with Crippen LogP contribution >= 0.6 is 11.6 Å². The lowest BCUT2D eigenvalue weighted by Crippen LogP contribution is -2.29. The van der Waals surface area contributed by atoms with Crippen molar-refractivity contribution in [1.82, 2.24) is 5.32 Å². The van der Waals surface area contributed by atoms with Gasteiger partial charge in [-0.25, -0.2) is 0 Å². The molecule has 1 heterocycles. The van der Waals surface area contributed by atoms with Gasteiger partial charge in [-0.15, -0.1) is 0 Å². The van der Waals surface area contributed by atoms with Crippen LogP contribution in [-0.2, 0) is 6.54 Å². The third-order valence-corrected chi connectivity index (χ3v) is 4.18. The Labute approximate surface area is 114 Å². The molecule has 0 radical (unpaired) electrons. The maximum absolute atomic E-state index is 6.42. The van der Waals surface area contributed by atoms with Crippen molar-refractivity contribution in [3.63, 3.8) is 0 Å². The molecule has 2 fully saturated rings. The van der Waals surface area contributed by atoms with E-state index in [0.29, 0.717) is 0 Å². The molecule has 2 nitrogen and oxygen atoms in total. The second-order valence-electron chi connectivity index (χ2n) is 5.49. The van der Waals surface area contributed by atoms with Gasteiger partial charge in [-0.1, -0.05) is 17.7 Å². The summed E-state index contributed by atoms with van der Waals surface area (Å²) in [7, 11) is 0. The van der Waals surface area contributed by atoms with E-state index in [9.17, 15) is 0 Å². The molecule has 1 saturated heterocycles. The lowest BCUT2D eigenvalue weighted by Gasteiger charge is -2.29. The third kappa shape index (κ3) is 2.99. The largest absolute Gasteiger partial charge is 0.370 e. The molecule has 0 bridgehead atoms. The molecule has 1 N–H and O–H groups in total. The van der Waals surface area contributed by atoms with E-state index >= 15 is 0 Å². The van der Waals surface area contributed by atoms with Crippen LogP contribution in [0, 0.1) is 0 Å². The first-order valence-corrected chi connectivity index (χ1v) is 7.47. The van der Waals surface area contributed by atoms with Crippen LogP contribution in [-0.4, -0.2) is 19.1 Å². The highest BCUT2D eigenvalue weighted by atomic mass is 35.5. The topological polar surface area (TPSA) is 15.3 Å². The molecule has 98 valence electrons. The summed E-state index contributed by atoms with van der Waals surface area (Å²) in [4.78, 5) is 2.42. The van der Waals surface area contributed by atoms with E-state index in [0.717, 1.165) is 30.7 Å². The summed E-state index contributed by atoms with van der Waals surface area (Å²) >= 11 is 6.42. The minimum Gasteiger partial charge on any atom is -0.370 e. The molecule has 0 aromatic heterocycles. The summed E-state index contributed by atoms with van der Waals surface area (Å²) < 4.78 is 0. The van der Waals surface area contributed by atoms with Crippen LogP contribution in [0.25, 0.3) is 0 Å². The minimum atomic E-state index is 0.755. The van der Waals surface area contributed by atoms with E-state index in [1.165, 1.54) is 43.4 Å². The van der Waals surface area contributed by atoms with Crippen molar-refractivity contribution in [2.75, 3.05) is 18.0 Å². The van der Waals surface area contributed by atoms with Crippen LogP contribution in [0.4, 0.5) is 5.69 Å². The smallest absolute Gasteiger partial charge is 0.0642 e. The van der Waals surface area contributed by atoms with Crippen molar-refractivity contribution >= 4 is 17.3 Å². The van der Waals surface area contributed by atoms with Gasteiger partial charge in [-0.2, -0.15) is 0 Å². The number of benzene rings is 1. The first-order valence-electron chi connectivity index (χ1n) is 7.10. The molecule has 0 amide bonds. The number of halogens is 1. The van der Waals surface area contributed by atoms with Gasteiger partial charge in [-0.3, -0.25) is 0 Å². The predicted molar refractivity (Wildman–Crippen MR) is 77.4 cm³/mol. The summed E-state index contributed by atoms with van der Waals surface area (Å²) in [5.41, 5.74) is 2.51. The number of hydrogen-bond acceptors (Lipinski definition) is 2. The van der Waals surface area contributed by atoms with Gasteiger partial charge in [0.1, 0.15) is 0 Å². The maximum Gasteiger partial charge on any atom is 0.0642 e. The van der Waals surface area contributed by atoms with E-state index in [2.05, 4.69) is 28.4 Å². The molecule has 1 aromatic carbocycles. The van der Waals surface area contributed by atoms with Crippen LogP contribution < -0.4 is 10.2 Å². The lowest BCUT2D eigenvalue weighted by atomic mass is 10.1. The van der Waals surface area contributed by atoms with E-state index in [-0.39, 0.29) is 0 Å². The Bertz CT molecular complexity index is 409. The van der Waals surface area contributed by atoms with E-state index in [4.69, 9.17) is 11.6 Å². The second-order valence-corrected chi connectivity index (χ2v) is 5.90. The Morgan fingerprint density at radius 1 is 1.17 bits per heavy atom. The van der Waals surface area contributed by atoms with Crippen molar-refractivity contribution in [3.8, 4) is 0 Å². The summed E-state index contributed by atoms with van der Waals surface area (Å²) in [5.74, 6) is 0. The van der Waals surface area contributed by atoms with Crippen LogP contribution in [0.15, 0.2) is 18.2 Å². The second kappa shape index (κ2) is 5.50. The number of rotatable bonds is 4. The summed E-state index contributed by atoms with van der Waals surface area (Å²) in [5, 5.41) is 4.44. The Morgan fingerprint density at radius 3 is 2.61 bits per heavy atom. The number of nitrogens with zero attached hydrogens (tertiary/aromatic N) is 1. The molecular weight excluding hydrogens is 244 g/mol. The number of hydrogen-bond donors (Lipinski definition) is 1. The number of piperidine rings is 1. The van der Waals surface area contributed by atoms with Crippen molar-refractivity contribution in [2.24, 2.45) is 0 Å². The van der Waals surface area contributed by atoms with Gasteiger partial charge in [0, 0.05) is 25.7 Å². The van der Waals surface area contributed by atoms with Crippen molar-refractivity contribution in [3.05, 3.63) is 28.8 Å². The zero-order chi connectivity index (χ0) is 12.4. The predicted octanol–water partition coefficient (Wildman–Crippen LogP) is 3.58. The maximum atomic E-state index is 6.42. The Balaban J connectivity index is 1.66. The first kappa shape index (κ1) is 12.3. The van der Waals surface area contributed by atoms with Crippen LogP contribution in [0.5, 0.6) is 0 Å². The van der Waals surface area contributed by atoms with E-state index in [1.807, 2.05) is 0 Å². The monoisotopic (exact) mass is 264 g/mol. The van der Waals surface area contributed by atoms with Crippen molar-refractivity contribution in [2.45, 2.75) is 44.7 Å². The van der Waals surface area contributed by atoms with E-state index in [1.54, 1.807) is 0 Å². The zero-order valence-electron chi connectivity index (χ0n) is 10.8. The standard InChI is InChI=1S/C15H21ClN2/c16-14-10-12(11-17-13-5-6-13)4-7-15(14)18-8-2-1-3-9-18/h4,7,10,13,17H,1-3,5-6,8-9,11H2. The fraction of sp³-hybridized carbons (Fsp3) is 0.600. The molecule has 1 saturated carbocycles. The van der Waals surface area contributed by atoms with Gasteiger partial charge >= 0.3 is 0 Å². The van der Waals surface area contributed by atoms with Crippen LogP contribution in [0.1, 0.15) is 37.7 Å². The average Bonchev–Trinajstić information content (AvgIpc) is 3.21. The normalized spacial score (nSPS) is 20.2. The van der Waals surface area contributed by atoms with Gasteiger partial charge in [0.2, 0.25) is 0 Å². The van der Waals surface area contributed by atoms with Gasteiger partial charge < -0.3 is 10.2 Å². The quantitative estimate of drug-likeness (QED) is 0.894. The van der Waals surface area contributed by atoms with Gasteiger partial charge in [0.25, 0.3) is 0 Å². The first-order chi connectivity index (χ1) is 8.83. The summed E-state index contributed by atoms with van der Waals surface area (Å²) in [6, 6.07) is 7.29. The highest BCUT2D eigenvalue weighted by molar-refractivity contribution is 6.33. The van der Waals surface area contributed by atoms with Crippen LogP contribution in [0.2, 0.25) is 5.02 Å². The molecule has 1 aliphatic carbocycles. The molecule has 2 aliphatic rings. The number of nitrogens with one attached hydrogen (secondary N) is 1. The van der Waals surface area contributed by atoms with Gasteiger partial charge in [0.15, 0.2) is 0 Å². The number of anilines is 1. The average molecular weight is 265 g/mol. The molecule has 0 spiro atoms. The van der Waals surface area contributed by atoms with Gasteiger partial charge in [0.05, 0.1) is 10.7 Å². The lowest BCUT2D eigenvalue weighted by molar-refractivity contribution is 0.578. The molecule has 1 aromatic rings. The Morgan fingerprint density at radius 2 is 1.94 bits per heavy atom.